The molecule has 2 heteroatoms. The lowest BCUT2D eigenvalue weighted by molar-refractivity contribution is 0.215. The van der Waals surface area contributed by atoms with Crippen LogP contribution >= 0.6 is 0 Å². The molecule has 0 rings (SSSR count). The molecule has 0 heterocycles. The van der Waals surface area contributed by atoms with Crippen LogP contribution in [-0.2, 0) is 0 Å². The molecule has 0 aliphatic heterocycles. The third kappa shape index (κ3) is 5.32. The number of unbranched alkanes of at least 4 members (excludes halogenated alkanes) is 2. The van der Waals surface area contributed by atoms with Crippen molar-refractivity contribution in [3.05, 3.63) is 0 Å². The highest BCUT2D eigenvalue weighted by Gasteiger charge is 1.98. The molecule has 0 aromatic heterocycles. The van der Waals surface area contributed by atoms with Gasteiger partial charge in [-0.15, -0.1) is 0 Å². The SMILES string of the molecule is CCCCC[C@@H](O)C#N. The Hall–Kier alpha value is -0.550. The summed E-state index contributed by atoms with van der Waals surface area (Å²) in [5, 5.41) is 16.9. The lowest BCUT2D eigenvalue weighted by Crippen LogP contribution is -2.00. The molecule has 0 fully saturated rings. The van der Waals surface area contributed by atoms with Crippen molar-refractivity contribution in [1.82, 2.24) is 0 Å². The normalized spacial score (nSPS) is 12.6. The first-order chi connectivity index (χ1) is 4.31. The molecule has 0 saturated heterocycles. The highest BCUT2D eigenvalue weighted by Crippen LogP contribution is 2.01. The summed E-state index contributed by atoms with van der Waals surface area (Å²) in [6, 6.07) is 1.78. The largest absolute Gasteiger partial charge is 0.378 e. The van der Waals surface area contributed by atoms with E-state index in [1.807, 2.05) is 0 Å². The Bertz CT molecular complexity index is 95.6. The molecule has 1 N–H and O–H groups in total. The van der Waals surface area contributed by atoms with Crippen molar-refractivity contribution in [1.29, 1.82) is 5.26 Å². The van der Waals surface area contributed by atoms with Gasteiger partial charge in [0.15, 0.2) is 0 Å². The quantitative estimate of drug-likeness (QED) is 0.459. The molecule has 0 amide bonds. The van der Waals surface area contributed by atoms with Gasteiger partial charge in [0.2, 0.25) is 0 Å². The maximum absolute atomic E-state index is 8.72. The van der Waals surface area contributed by atoms with Crippen LogP contribution in [0.2, 0.25) is 0 Å². The third-order valence-corrected chi connectivity index (χ3v) is 1.23. The van der Waals surface area contributed by atoms with Gasteiger partial charge in [-0.25, -0.2) is 0 Å². The summed E-state index contributed by atoms with van der Waals surface area (Å²) in [7, 11) is 0. The number of rotatable bonds is 4. The smallest absolute Gasteiger partial charge is 0.140 e. The topological polar surface area (TPSA) is 44.0 Å². The fourth-order valence-corrected chi connectivity index (χ4v) is 0.652. The van der Waals surface area contributed by atoms with Crippen LogP contribution < -0.4 is 0 Å². The third-order valence-electron chi connectivity index (χ3n) is 1.23. The van der Waals surface area contributed by atoms with Crippen LogP contribution in [0.3, 0.4) is 0 Å². The van der Waals surface area contributed by atoms with Gasteiger partial charge in [-0.05, 0) is 12.8 Å². The molecule has 0 aliphatic rings. The van der Waals surface area contributed by atoms with Crippen molar-refractivity contribution in [2.75, 3.05) is 0 Å². The molecule has 9 heavy (non-hydrogen) atoms. The molecule has 0 unspecified atom stereocenters. The fourth-order valence-electron chi connectivity index (χ4n) is 0.652. The zero-order valence-corrected chi connectivity index (χ0v) is 5.80. The number of hydrogen-bond acceptors (Lipinski definition) is 2. The minimum atomic E-state index is -0.739. The first-order valence-electron chi connectivity index (χ1n) is 3.39. The van der Waals surface area contributed by atoms with Crippen LogP contribution in [0, 0.1) is 11.3 Å². The maximum atomic E-state index is 8.72. The molecule has 0 aromatic rings. The standard InChI is InChI=1S/C7H13NO/c1-2-3-4-5-7(9)6-8/h7,9H,2-5H2,1H3/t7-/m1/s1. The molecule has 2 nitrogen and oxygen atoms in total. The summed E-state index contributed by atoms with van der Waals surface area (Å²) in [5.41, 5.74) is 0. The van der Waals surface area contributed by atoms with Gasteiger partial charge in [-0.3, -0.25) is 0 Å². The molecule has 52 valence electrons. The van der Waals surface area contributed by atoms with E-state index in [2.05, 4.69) is 6.92 Å². The minimum Gasteiger partial charge on any atom is -0.378 e. The molecular weight excluding hydrogens is 114 g/mol. The lowest BCUT2D eigenvalue weighted by atomic mass is 10.1. The van der Waals surface area contributed by atoms with Crippen LogP contribution in [0.15, 0.2) is 0 Å². The predicted octanol–water partition coefficient (Wildman–Crippen LogP) is 1.45. The van der Waals surface area contributed by atoms with Crippen molar-refractivity contribution in [3.8, 4) is 6.07 Å². The van der Waals surface area contributed by atoms with Crippen LogP contribution in [0.4, 0.5) is 0 Å². The molecule has 0 aromatic carbocycles. The second kappa shape index (κ2) is 5.58. The fraction of sp³-hybridized carbons (Fsp3) is 0.857. The van der Waals surface area contributed by atoms with Crippen LogP contribution in [0.25, 0.3) is 0 Å². The van der Waals surface area contributed by atoms with E-state index in [0.29, 0.717) is 6.42 Å². The lowest BCUT2D eigenvalue weighted by Gasteiger charge is -1.97. The summed E-state index contributed by atoms with van der Waals surface area (Å²) < 4.78 is 0. The van der Waals surface area contributed by atoms with Crippen molar-refractivity contribution in [2.24, 2.45) is 0 Å². The summed E-state index contributed by atoms with van der Waals surface area (Å²) in [6.45, 7) is 2.10. The van der Waals surface area contributed by atoms with Crippen LogP contribution in [-0.4, -0.2) is 11.2 Å². The average Bonchev–Trinajstić information content (AvgIpc) is 1.89. The molecular formula is C7H13NO. The summed E-state index contributed by atoms with van der Waals surface area (Å²) in [6.07, 6.45) is 3.10. The minimum absolute atomic E-state index is 0.629. The molecule has 0 radical (unpaired) electrons. The van der Waals surface area contributed by atoms with Crippen molar-refractivity contribution < 1.29 is 5.11 Å². The molecule has 1 atom stereocenters. The van der Waals surface area contributed by atoms with Crippen molar-refractivity contribution in [3.63, 3.8) is 0 Å². The van der Waals surface area contributed by atoms with Crippen molar-refractivity contribution >= 4 is 0 Å². The Morgan fingerprint density at radius 3 is 2.67 bits per heavy atom. The van der Waals surface area contributed by atoms with E-state index in [1.54, 1.807) is 6.07 Å². The maximum Gasteiger partial charge on any atom is 0.140 e. The number of nitrogens with zero attached hydrogens (tertiary/aromatic N) is 1. The Labute approximate surface area is 56.1 Å². The average molecular weight is 127 g/mol. The zero-order chi connectivity index (χ0) is 7.11. The summed E-state index contributed by atoms with van der Waals surface area (Å²) in [5.74, 6) is 0. The number of aliphatic hydroxyl groups excluding tert-OH is 1. The van der Waals surface area contributed by atoms with E-state index in [4.69, 9.17) is 10.4 Å². The van der Waals surface area contributed by atoms with E-state index in [-0.39, 0.29) is 0 Å². The van der Waals surface area contributed by atoms with Gasteiger partial charge in [-0.1, -0.05) is 19.8 Å². The highest BCUT2D eigenvalue weighted by atomic mass is 16.3. The van der Waals surface area contributed by atoms with E-state index >= 15 is 0 Å². The first-order valence-corrected chi connectivity index (χ1v) is 3.39. The second-order valence-electron chi connectivity index (χ2n) is 2.14. The van der Waals surface area contributed by atoms with E-state index < -0.39 is 6.10 Å². The zero-order valence-electron chi connectivity index (χ0n) is 5.80. The van der Waals surface area contributed by atoms with Crippen molar-refractivity contribution in [2.45, 2.75) is 38.7 Å². The Morgan fingerprint density at radius 1 is 1.56 bits per heavy atom. The molecule has 0 saturated carbocycles. The van der Waals surface area contributed by atoms with Gasteiger partial charge in [0.25, 0.3) is 0 Å². The number of nitriles is 1. The first kappa shape index (κ1) is 8.45. The number of hydrogen-bond donors (Lipinski definition) is 1. The van der Waals surface area contributed by atoms with Gasteiger partial charge in [0, 0.05) is 0 Å². The van der Waals surface area contributed by atoms with Gasteiger partial charge in [0.05, 0.1) is 6.07 Å². The number of aliphatic hydroxyl groups is 1. The molecule has 0 aliphatic carbocycles. The Kier molecular flexibility index (Phi) is 5.24. The summed E-state index contributed by atoms with van der Waals surface area (Å²) in [4.78, 5) is 0. The van der Waals surface area contributed by atoms with Gasteiger partial charge < -0.3 is 5.11 Å². The van der Waals surface area contributed by atoms with Crippen LogP contribution in [0.1, 0.15) is 32.6 Å². The van der Waals surface area contributed by atoms with Gasteiger partial charge in [0.1, 0.15) is 6.10 Å². The van der Waals surface area contributed by atoms with E-state index in [1.165, 1.54) is 0 Å². The van der Waals surface area contributed by atoms with Crippen LogP contribution in [0.5, 0.6) is 0 Å². The molecule has 0 spiro atoms. The molecule has 0 bridgehead atoms. The van der Waals surface area contributed by atoms with E-state index in [0.717, 1.165) is 19.3 Å². The highest BCUT2D eigenvalue weighted by molar-refractivity contribution is 4.81. The monoisotopic (exact) mass is 127 g/mol. The Morgan fingerprint density at radius 2 is 2.22 bits per heavy atom. The predicted molar refractivity (Wildman–Crippen MR) is 35.8 cm³/mol. The van der Waals surface area contributed by atoms with Gasteiger partial charge in [-0.2, -0.15) is 5.26 Å². The van der Waals surface area contributed by atoms with E-state index in [9.17, 15) is 0 Å². The second-order valence-corrected chi connectivity index (χ2v) is 2.14. The Balaban J connectivity index is 2.99. The summed E-state index contributed by atoms with van der Waals surface area (Å²) >= 11 is 0. The van der Waals surface area contributed by atoms with Gasteiger partial charge >= 0.3 is 0 Å².